The SMILES string of the molecule is O=c1n(Cc2cccc(Cl)c2)nc2c(-c3ccc(Cl)cc3)c(-c3ccc(Cl)cc3)cnn12. The van der Waals surface area contributed by atoms with Crippen molar-refractivity contribution in [3.8, 4) is 22.3 Å². The molecule has 0 spiro atoms. The summed E-state index contributed by atoms with van der Waals surface area (Å²) in [6.45, 7) is 0.277. The van der Waals surface area contributed by atoms with Crippen LogP contribution in [0.1, 0.15) is 5.56 Å². The van der Waals surface area contributed by atoms with Gasteiger partial charge in [-0.05, 0) is 53.1 Å². The van der Waals surface area contributed by atoms with Gasteiger partial charge in [-0.2, -0.15) is 9.61 Å². The minimum Gasteiger partial charge on any atom is -0.244 e. The van der Waals surface area contributed by atoms with Crippen LogP contribution in [-0.2, 0) is 6.54 Å². The molecule has 0 bridgehead atoms. The summed E-state index contributed by atoms with van der Waals surface area (Å²) in [6, 6.07) is 22.2. The third kappa shape index (κ3) is 3.91. The first-order chi connectivity index (χ1) is 15.5. The molecule has 0 aliphatic rings. The van der Waals surface area contributed by atoms with Crippen molar-refractivity contribution >= 4 is 40.4 Å². The topological polar surface area (TPSA) is 52.2 Å². The second kappa shape index (κ2) is 8.43. The second-order valence-electron chi connectivity index (χ2n) is 7.25. The summed E-state index contributed by atoms with van der Waals surface area (Å²) in [5, 5.41) is 10.9. The predicted octanol–water partition coefficient (Wildman–Crippen LogP) is 6.23. The van der Waals surface area contributed by atoms with E-state index in [1.54, 1.807) is 24.4 Å². The molecule has 2 heterocycles. The van der Waals surface area contributed by atoms with Gasteiger partial charge in [0, 0.05) is 26.2 Å². The Kier molecular flexibility index (Phi) is 5.47. The number of fused-ring (bicyclic) bond motifs is 1. The third-order valence-electron chi connectivity index (χ3n) is 5.12. The zero-order valence-electron chi connectivity index (χ0n) is 16.5. The monoisotopic (exact) mass is 480 g/mol. The molecule has 0 amide bonds. The first-order valence-corrected chi connectivity index (χ1v) is 10.9. The quantitative estimate of drug-likeness (QED) is 0.305. The minimum atomic E-state index is -0.335. The Hall–Kier alpha value is -3.12. The molecule has 0 atom stereocenters. The lowest BCUT2D eigenvalue weighted by molar-refractivity contribution is 0.650. The molecular weight excluding hydrogens is 467 g/mol. The maximum Gasteiger partial charge on any atom is 0.367 e. The zero-order valence-corrected chi connectivity index (χ0v) is 18.8. The van der Waals surface area contributed by atoms with Crippen molar-refractivity contribution in [2.75, 3.05) is 0 Å². The summed E-state index contributed by atoms with van der Waals surface area (Å²) in [6.07, 6.45) is 1.67. The van der Waals surface area contributed by atoms with Gasteiger partial charge in [0.1, 0.15) is 0 Å². The van der Waals surface area contributed by atoms with E-state index in [-0.39, 0.29) is 12.2 Å². The van der Waals surface area contributed by atoms with E-state index in [0.29, 0.717) is 20.7 Å². The molecule has 8 heteroatoms. The van der Waals surface area contributed by atoms with Crippen LogP contribution in [0.2, 0.25) is 15.1 Å². The number of halogens is 3. The molecule has 0 saturated carbocycles. The van der Waals surface area contributed by atoms with Gasteiger partial charge in [-0.1, -0.05) is 71.2 Å². The molecule has 3 aromatic carbocycles. The second-order valence-corrected chi connectivity index (χ2v) is 8.56. The van der Waals surface area contributed by atoms with Crippen LogP contribution in [0.15, 0.2) is 83.8 Å². The Morgan fingerprint density at radius 3 is 2.09 bits per heavy atom. The average molecular weight is 482 g/mol. The molecule has 32 heavy (non-hydrogen) atoms. The van der Waals surface area contributed by atoms with Gasteiger partial charge in [-0.25, -0.2) is 9.48 Å². The van der Waals surface area contributed by atoms with E-state index in [2.05, 4.69) is 10.2 Å². The highest BCUT2D eigenvalue weighted by atomic mass is 35.5. The first-order valence-electron chi connectivity index (χ1n) is 9.75. The lowest BCUT2D eigenvalue weighted by Crippen LogP contribution is -2.22. The van der Waals surface area contributed by atoms with Crippen LogP contribution in [0.25, 0.3) is 27.9 Å². The van der Waals surface area contributed by atoms with Gasteiger partial charge < -0.3 is 0 Å². The van der Waals surface area contributed by atoms with Crippen molar-refractivity contribution in [1.29, 1.82) is 0 Å². The van der Waals surface area contributed by atoms with Gasteiger partial charge in [-0.15, -0.1) is 5.10 Å². The van der Waals surface area contributed by atoms with Gasteiger partial charge in [0.05, 0.1) is 12.7 Å². The molecule has 0 N–H and O–H groups in total. The number of nitrogens with zero attached hydrogens (tertiary/aromatic N) is 4. The predicted molar refractivity (Wildman–Crippen MR) is 129 cm³/mol. The van der Waals surface area contributed by atoms with Crippen LogP contribution in [0.3, 0.4) is 0 Å². The molecule has 0 unspecified atom stereocenters. The lowest BCUT2D eigenvalue weighted by atomic mass is 9.97. The van der Waals surface area contributed by atoms with Crippen LogP contribution >= 0.6 is 34.8 Å². The molecule has 5 nitrogen and oxygen atoms in total. The van der Waals surface area contributed by atoms with Gasteiger partial charge in [0.2, 0.25) is 0 Å². The highest BCUT2D eigenvalue weighted by molar-refractivity contribution is 6.31. The zero-order chi connectivity index (χ0) is 22.2. The summed E-state index contributed by atoms with van der Waals surface area (Å²) in [5.41, 5.74) is 4.37. The summed E-state index contributed by atoms with van der Waals surface area (Å²) in [7, 11) is 0. The van der Waals surface area contributed by atoms with E-state index in [1.807, 2.05) is 54.6 Å². The molecule has 5 rings (SSSR count). The molecule has 0 radical (unpaired) electrons. The standard InChI is InChI=1S/C24H15Cl3N4O/c25-18-8-4-16(5-9-18)21-13-28-31-23(22(21)17-6-10-19(26)11-7-17)29-30(24(31)32)14-15-2-1-3-20(27)12-15/h1-13H,14H2. The number of rotatable bonds is 4. The molecule has 2 aromatic heterocycles. The number of aromatic nitrogens is 4. The molecule has 0 aliphatic heterocycles. The third-order valence-corrected chi connectivity index (χ3v) is 5.86. The van der Waals surface area contributed by atoms with Crippen molar-refractivity contribution in [1.82, 2.24) is 19.4 Å². The molecule has 158 valence electrons. The molecule has 5 aromatic rings. The fraction of sp³-hybridized carbons (Fsp3) is 0.0417. The van der Waals surface area contributed by atoms with Crippen molar-refractivity contribution in [3.05, 3.63) is 110 Å². The number of hydrogen-bond acceptors (Lipinski definition) is 3. The smallest absolute Gasteiger partial charge is 0.244 e. The van der Waals surface area contributed by atoms with Crippen LogP contribution < -0.4 is 5.69 Å². The largest absolute Gasteiger partial charge is 0.367 e. The Labute approximate surface area is 198 Å². The minimum absolute atomic E-state index is 0.277. The summed E-state index contributed by atoms with van der Waals surface area (Å²) in [5.74, 6) is 0. The van der Waals surface area contributed by atoms with Crippen LogP contribution in [-0.4, -0.2) is 19.4 Å². The molecule has 0 saturated heterocycles. The van der Waals surface area contributed by atoms with Crippen molar-refractivity contribution in [3.63, 3.8) is 0 Å². The van der Waals surface area contributed by atoms with Gasteiger partial charge in [0.25, 0.3) is 0 Å². The highest BCUT2D eigenvalue weighted by Gasteiger charge is 2.19. The summed E-state index contributed by atoms with van der Waals surface area (Å²) >= 11 is 18.3. The fourth-order valence-corrected chi connectivity index (χ4v) is 4.09. The van der Waals surface area contributed by atoms with Crippen LogP contribution in [0.4, 0.5) is 0 Å². The van der Waals surface area contributed by atoms with E-state index in [1.165, 1.54) is 9.20 Å². The average Bonchev–Trinajstić information content (AvgIpc) is 3.10. The molecular formula is C24H15Cl3N4O. The Morgan fingerprint density at radius 1 is 0.781 bits per heavy atom. The van der Waals surface area contributed by atoms with E-state index >= 15 is 0 Å². The van der Waals surface area contributed by atoms with E-state index in [0.717, 1.165) is 27.8 Å². The lowest BCUT2D eigenvalue weighted by Gasteiger charge is -2.11. The highest BCUT2D eigenvalue weighted by Crippen LogP contribution is 2.35. The number of hydrogen-bond donors (Lipinski definition) is 0. The normalized spacial score (nSPS) is 11.2. The molecule has 0 aliphatic carbocycles. The Bertz CT molecular complexity index is 1490. The molecule has 0 fully saturated rings. The Balaban J connectivity index is 1.74. The Morgan fingerprint density at radius 2 is 1.44 bits per heavy atom. The van der Waals surface area contributed by atoms with Crippen molar-refractivity contribution < 1.29 is 0 Å². The fourth-order valence-electron chi connectivity index (χ4n) is 3.62. The van der Waals surface area contributed by atoms with Gasteiger partial charge in [-0.3, -0.25) is 0 Å². The summed E-state index contributed by atoms with van der Waals surface area (Å²) < 4.78 is 2.70. The van der Waals surface area contributed by atoms with E-state index < -0.39 is 0 Å². The maximum atomic E-state index is 13.1. The van der Waals surface area contributed by atoms with Crippen LogP contribution in [0, 0.1) is 0 Å². The van der Waals surface area contributed by atoms with Crippen LogP contribution in [0.5, 0.6) is 0 Å². The van der Waals surface area contributed by atoms with Crippen molar-refractivity contribution in [2.45, 2.75) is 6.54 Å². The van der Waals surface area contributed by atoms with E-state index in [9.17, 15) is 4.79 Å². The van der Waals surface area contributed by atoms with Crippen molar-refractivity contribution in [2.24, 2.45) is 0 Å². The van der Waals surface area contributed by atoms with Gasteiger partial charge >= 0.3 is 5.69 Å². The number of benzene rings is 3. The first kappa shape index (κ1) is 20.8. The van der Waals surface area contributed by atoms with Gasteiger partial charge in [0.15, 0.2) is 5.65 Å². The van der Waals surface area contributed by atoms with E-state index in [4.69, 9.17) is 34.8 Å². The summed E-state index contributed by atoms with van der Waals surface area (Å²) in [4.78, 5) is 13.1. The maximum absolute atomic E-state index is 13.1.